The molecule has 0 aromatic heterocycles. The first-order chi connectivity index (χ1) is 10.1. The van der Waals surface area contributed by atoms with Gasteiger partial charge in [0.15, 0.2) is 0 Å². The van der Waals surface area contributed by atoms with E-state index in [4.69, 9.17) is 5.73 Å². The fraction of sp³-hybridized carbons (Fsp3) is 0.611. The maximum absolute atomic E-state index is 12.7. The molecule has 1 saturated carbocycles. The molecule has 4 heteroatoms. The van der Waals surface area contributed by atoms with Crippen LogP contribution in [0.3, 0.4) is 0 Å². The summed E-state index contributed by atoms with van der Waals surface area (Å²) in [4.78, 5) is 14.8. The van der Waals surface area contributed by atoms with Crippen LogP contribution in [0, 0.1) is 5.92 Å². The van der Waals surface area contributed by atoms with Gasteiger partial charge in [0.2, 0.25) is 5.91 Å². The molecular weight excluding hydrogens is 296 g/mol. The molecule has 22 heavy (non-hydrogen) atoms. The molecule has 3 unspecified atom stereocenters. The number of hydrogen-bond acceptors (Lipinski definition) is 2. The normalized spacial score (nSPS) is 31.6. The number of rotatable bonds is 2. The second kappa shape index (κ2) is 7.01. The van der Waals surface area contributed by atoms with Crippen LogP contribution in [-0.2, 0) is 10.2 Å². The Bertz CT molecular complexity index is 507. The monoisotopic (exact) mass is 322 g/mol. The third-order valence-corrected chi connectivity index (χ3v) is 5.30. The van der Waals surface area contributed by atoms with E-state index in [0.29, 0.717) is 5.91 Å². The average Bonchev–Trinajstić information content (AvgIpc) is 2.94. The number of carbonyl (C=O) groups is 1. The maximum Gasteiger partial charge on any atom is 0.225 e. The van der Waals surface area contributed by atoms with Crippen molar-refractivity contribution < 1.29 is 4.79 Å². The largest absolute Gasteiger partial charge is 0.342 e. The highest BCUT2D eigenvalue weighted by atomic mass is 35.5. The average molecular weight is 323 g/mol. The number of piperidine rings is 1. The Labute approximate surface area is 139 Å². The summed E-state index contributed by atoms with van der Waals surface area (Å²) < 4.78 is 0. The molecule has 1 aliphatic heterocycles. The molecule has 3 atom stereocenters. The van der Waals surface area contributed by atoms with E-state index in [1.807, 2.05) is 0 Å². The van der Waals surface area contributed by atoms with Crippen molar-refractivity contribution in [1.29, 1.82) is 0 Å². The summed E-state index contributed by atoms with van der Waals surface area (Å²) in [7, 11) is 0. The van der Waals surface area contributed by atoms with Crippen LogP contribution >= 0.6 is 12.4 Å². The van der Waals surface area contributed by atoms with Crippen LogP contribution in [0.25, 0.3) is 0 Å². The lowest BCUT2D eigenvalue weighted by Crippen LogP contribution is -2.48. The number of benzene rings is 1. The van der Waals surface area contributed by atoms with Crippen LogP contribution in [0.2, 0.25) is 0 Å². The minimum absolute atomic E-state index is 0. The van der Waals surface area contributed by atoms with Crippen molar-refractivity contribution in [3.8, 4) is 0 Å². The Morgan fingerprint density at radius 2 is 2.00 bits per heavy atom. The van der Waals surface area contributed by atoms with Crippen molar-refractivity contribution in [2.24, 2.45) is 11.7 Å². The van der Waals surface area contributed by atoms with Gasteiger partial charge in [-0.2, -0.15) is 0 Å². The summed E-state index contributed by atoms with van der Waals surface area (Å²) in [5.41, 5.74) is 7.41. The molecule has 1 aromatic rings. The predicted octanol–water partition coefficient (Wildman–Crippen LogP) is 3.12. The highest BCUT2D eigenvalue weighted by Gasteiger charge is 2.38. The quantitative estimate of drug-likeness (QED) is 0.909. The van der Waals surface area contributed by atoms with Gasteiger partial charge in [-0.05, 0) is 37.7 Å². The van der Waals surface area contributed by atoms with E-state index < -0.39 is 0 Å². The minimum atomic E-state index is 0. The predicted molar refractivity (Wildman–Crippen MR) is 92.2 cm³/mol. The summed E-state index contributed by atoms with van der Waals surface area (Å²) in [6.07, 6.45) is 5.09. The molecule has 1 aromatic carbocycles. The molecule has 122 valence electrons. The van der Waals surface area contributed by atoms with Crippen molar-refractivity contribution in [2.45, 2.75) is 50.5 Å². The van der Waals surface area contributed by atoms with Gasteiger partial charge in [0.1, 0.15) is 0 Å². The molecule has 0 bridgehead atoms. The highest BCUT2D eigenvalue weighted by Crippen LogP contribution is 2.35. The van der Waals surface area contributed by atoms with E-state index in [9.17, 15) is 4.79 Å². The van der Waals surface area contributed by atoms with Gasteiger partial charge in [-0.15, -0.1) is 12.4 Å². The van der Waals surface area contributed by atoms with Gasteiger partial charge in [0.05, 0.1) is 0 Å². The molecule has 0 radical (unpaired) electrons. The zero-order chi connectivity index (χ0) is 14.9. The molecule has 1 aliphatic carbocycles. The van der Waals surface area contributed by atoms with Crippen molar-refractivity contribution in [2.75, 3.05) is 13.1 Å². The van der Waals surface area contributed by atoms with Gasteiger partial charge in [-0.25, -0.2) is 0 Å². The van der Waals surface area contributed by atoms with Gasteiger partial charge < -0.3 is 10.6 Å². The molecule has 1 saturated heterocycles. The van der Waals surface area contributed by atoms with E-state index >= 15 is 0 Å². The van der Waals surface area contributed by atoms with Gasteiger partial charge in [-0.3, -0.25) is 4.79 Å². The van der Waals surface area contributed by atoms with Crippen LogP contribution in [0.1, 0.15) is 44.6 Å². The first kappa shape index (κ1) is 17.3. The molecule has 1 heterocycles. The van der Waals surface area contributed by atoms with Crippen LogP contribution in [0.15, 0.2) is 30.3 Å². The summed E-state index contributed by atoms with van der Waals surface area (Å²) in [6, 6.07) is 10.9. The number of hydrogen-bond donors (Lipinski definition) is 1. The summed E-state index contributed by atoms with van der Waals surface area (Å²) in [5.74, 6) is 0.503. The highest BCUT2D eigenvalue weighted by molar-refractivity contribution is 5.85. The van der Waals surface area contributed by atoms with Crippen LogP contribution in [-0.4, -0.2) is 29.9 Å². The molecule has 0 spiro atoms. The number of nitrogens with two attached hydrogens (primary N) is 1. The van der Waals surface area contributed by atoms with E-state index in [0.717, 1.165) is 45.2 Å². The Morgan fingerprint density at radius 3 is 2.64 bits per heavy atom. The van der Waals surface area contributed by atoms with Crippen molar-refractivity contribution in [3.05, 3.63) is 35.9 Å². The topological polar surface area (TPSA) is 46.3 Å². The molecule has 3 rings (SSSR count). The summed E-state index contributed by atoms with van der Waals surface area (Å²) >= 11 is 0. The number of likely N-dealkylation sites (tertiary alicyclic amines) is 1. The van der Waals surface area contributed by atoms with Crippen molar-refractivity contribution in [1.82, 2.24) is 4.90 Å². The third-order valence-electron chi connectivity index (χ3n) is 5.30. The van der Waals surface area contributed by atoms with Crippen LogP contribution < -0.4 is 5.73 Å². The minimum Gasteiger partial charge on any atom is -0.342 e. The SMILES string of the molecule is CC1(c2ccccc2)CCCN(C(=O)C2CCC(N)C2)C1.Cl. The molecule has 2 N–H and O–H groups in total. The van der Waals surface area contributed by atoms with Crippen molar-refractivity contribution >= 4 is 18.3 Å². The smallest absolute Gasteiger partial charge is 0.225 e. The zero-order valence-corrected chi connectivity index (χ0v) is 14.1. The van der Waals surface area contributed by atoms with E-state index in [-0.39, 0.29) is 29.8 Å². The number of nitrogens with zero attached hydrogens (tertiary/aromatic N) is 1. The van der Waals surface area contributed by atoms with Gasteiger partial charge in [-0.1, -0.05) is 37.3 Å². The third kappa shape index (κ3) is 3.47. The standard InChI is InChI=1S/C18H26N2O.ClH/c1-18(15-6-3-2-4-7-15)10-5-11-20(13-18)17(21)14-8-9-16(19)12-14;/h2-4,6-7,14,16H,5,8-13,19H2,1H3;1H. The maximum atomic E-state index is 12.7. The lowest BCUT2D eigenvalue weighted by atomic mass is 9.75. The fourth-order valence-electron chi connectivity index (χ4n) is 4.00. The summed E-state index contributed by atoms with van der Waals surface area (Å²) in [5, 5.41) is 0. The second-order valence-electron chi connectivity index (χ2n) is 7.06. The number of amides is 1. The number of halogens is 1. The first-order valence-corrected chi connectivity index (χ1v) is 8.18. The van der Waals surface area contributed by atoms with E-state index in [1.54, 1.807) is 0 Å². The number of carbonyl (C=O) groups excluding carboxylic acids is 1. The Kier molecular flexibility index (Phi) is 5.51. The molecule has 2 aliphatic rings. The lowest BCUT2D eigenvalue weighted by molar-refractivity contribution is -0.137. The second-order valence-corrected chi connectivity index (χ2v) is 7.06. The molecular formula is C18H27ClN2O. The van der Waals surface area contributed by atoms with Gasteiger partial charge >= 0.3 is 0 Å². The Morgan fingerprint density at radius 1 is 1.27 bits per heavy atom. The van der Waals surface area contributed by atoms with Gasteiger partial charge in [0.25, 0.3) is 0 Å². The lowest BCUT2D eigenvalue weighted by Gasteiger charge is -2.42. The fourth-order valence-corrected chi connectivity index (χ4v) is 4.00. The van der Waals surface area contributed by atoms with E-state index in [1.165, 1.54) is 5.56 Å². The van der Waals surface area contributed by atoms with Crippen LogP contribution in [0.4, 0.5) is 0 Å². The van der Waals surface area contributed by atoms with Crippen LogP contribution in [0.5, 0.6) is 0 Å². The zero-order valence-electron chi connectivity index (χ0n) is 13.3. The molecule has 3 nitrogen and oxygen atoms in total. The Balaban J connectivity index is 0.00000176. The summed E-state index contributed by atoms with van der Waals surface area (Å²) in [6.45, 7) is 4.05. The van der Waals surface area contributed by atoms with E-state index in [2.05, 4.69) is 42.2 Å². The molecule has 1 amide bonds. The first-order valence-electron chi connectivity index (χ1n) is 8.18. The Hall–Kier alpha value is -1.06. The molecule has 2 fully saturated rings. The van der Waals surface area contributed by atoms with Gasteiger partial charge in [0, 0.05) is 30.5 Å². The van der Waals surface area contributed by atoms with Crippen molar-refractivity contribution in [3.63, 3.8) is 0 Å².